The molecule has 146 valence electrons. The van der Waals surface area contributed by atoms with Gasteiger partial charge in [0, 0.05) is 5.41 Å². The van der Waals surface area contributed by atoms with Crippen LogP contribution in [-0.4, -0.2) is 28.0 Å². The Morgan fingerprint density at radius 2 is 1.89 bits per heavy atom. The van der Waals surface area contributed by atoms with Crippen LogP contribution in [0.2, 0.25) is 10.0 Å². The van der Waals surface area contributed by atoms with E-state index in [4.69, 9.17) is 27.9 Å². The van der Waals surface area contributed by atoms with Crippen molar-refractivity contribution in [2.45, 2.75) is 40.0 Å². The number of hydrogen-bond donors (Lipinski definition) is 2. The fourth-order valence-electron chi connectivity index (χ4n) is 2.09. The number of anilines is 1. The van der Waals surface area contributed by atoms with Gasteiger partial charge in [0.1, 0.15) is 5.69 Å². The number of nitrogens with zero attached hydrogens (tertiary/aromatic N) is 3. The van der Waals surface area contributed by atoms with E-state index in [9.17, 15) is 4.79 Å². The normalized spacial score (nSPS) is 12.0. The Morgan fingerprint density at radius 1 is 1.26 bits per heavy atom. The summed E-state index contributed by atoms with van der Waals surface area (Å²) in [6, 6.07) is 3.37. The van der Waals surface area contributed by atoms with Crippen molar-refractivity contribution < 1.29 is 4.74 Å². The van der Waals surface area contributed by atoms with Crippen LogP contribution in [0.5, 0.6) is 5.75 Å². The van der Waals surface area contributed by atoms with Crippen molar-refractivity contribution in [3.05, 3.63) is 43.8 Å². The SMILES string of the molecule is CC(C)COc1c(Cl)cc(/C=N/Nc2nnc(C(C)(C)C)c(=O)[nH]2)cc1Cl. The maximum Gasteiger partial charge on any atom is 0.274 e. The first kappa shape index (κ1) is 21.2. The molecule has 0 unspecified atom stereocenters. The van der Waals surface area contributed by atoms with Crippen LogP contribution in [0.3, 0.4) is 0 Å². The molecule has 27 heavy (non-hydrogen) atoms. The van der Waals surface area contributed by atoms with E-state index in [0.717, 1.165) is 0 Å². The monoisotopic (exact) mass is 411 g/mol. The molecule has 0 saturated heterocycles. The van der Waals surface area contributed by atoms with Gasteiger partial charge < -0.3 is 4.74 Å². The van der Waals surface area contributed by atoms with Crippen molar-refractivity contribution in [3.63, 3.8) is 0 Å². The number of H-pyrrole nitrogens is 1. The molecular weight excluding hydrogens is 389 g/mol. The second-order valence-corrected chi connectivity index (χ2v) is 8.30. The number of rotatable bonds is 6. The fraction of sp³-hybridized carbons (Fsp3) is 0.444. The second kappa shape index (κ2) is 8.71. The molecule has 0 amide bonds. The molecule has 0 aliphatic heterocycles. The molecule has 0 bridgehead atoms. The molecule has 9 heteroatoms. The summed E-state index contributed by atoms with van der Waals surface area (Å²) in [5.41, 5.74) is 2.94. The van der Waals surface area contributed by atoms with Crippen LogP contribution < -0.4 is 15.7 Å². The van der Waals surface area contributed by atoms with Gasteiger partial charge in [-0.2, -0.15) is 5.10 Å². The second-order valence-electron chi connectivity index (χ2n) is 7.49. The number of aromatic amines is 1. The molecule has 1 heterocycles. The third kappa shape index (κ3) is 5.94. The van der Waals surface area contributed by atoms with Crippen molar-refractivity contribution in [1.82, 2.24) is 15.2 Å². The Balaban J connectivity index is 2.10. The maximum atomic E-state index is 12.1. The predicted octanol–water partition coefficient (Wildman–Crippen LogP) is 4.25. The molecular formula is C18H23Cl2N5O2. The van der Waals surface area contributed by atoms with E-state index in [2.05, 4.69) is 25.7 Å². The predicted molar refractivity (Wildman–Crippen MR) is 109 cm³/mol. The van der Waals surface area contributed by atoms with Crippen LogP contribution in [0.4, 0.5) is 5.95 Å². The van der Waals surface area contributed by atoms with Crippen molar-refractivity contribution >= 4 is 35.4 Å². The van der Waals surface area contributed by atoms with Crippen LogP contribution in [0.1, 0.15) is 45.9 Å². The molecule has 2 rings (SSSR count). The molecule has 0 aliphatic rings. The van der Waals surface area contributed by atoms with E-state index in [1.165, 1.54) is 6.21 Å². The van der Waals surface area contributed by atoms with Gasteiger partial charge in [0.25, 0.3) is 5.56 Å². The number of hydrogen-bond acceptors (Lipinski definition) is 6. The number of aromatic nitrogens is 3. The minimum atomic E-state index is -0.394. The number of hydrazone groups is 1. The Hall–Kier alpha value is -2.12. The van der Waals surface area contributed by atoms with Gasteiger partial charge in [0.15, 0.2) is 5.75 Å². The highest BCUT2D eigenvalue weighted by molar-refractivity contribution is 6.37. The van der Waals surface area contributed by atoms with Gasteiger partial charge in [-0.15, -0.1) is 10.2 Å². The van der Waals surface area contributed by atoms with Crippen molar-refractivity contribution in [2.24, 2.45) is 11.0 Å². The third-order valence-electron chi connectivity index (χ3n) is 3.37. The molecule has 2 aromatic rings. The van der Waals surface area contributed by atoms with Crippen molar-refractivity contribution in [1.29, 1.82) is 0 Å². The zero-order chi connectivity index (χ0) is 20.2. The number of halogens is 2. The Morgan fingerprint density at radius 3 is 2.41 bits per heavy atom. The minimum Gasteiger partial charge on any atom is -0.490 e. The van der Waals surface area contributed by atoms with Gasteiger partial charge in [-0.05, 0) is 23.6 Å². The van der Waals surface area contributed by atoms with Crippen LogP contribution in [-0.2, 0) is 5.41 Å². The highest BCUT2D eigenvalue weighted by Gasteiger charge is 2.20. The molecule has 0 atom stereocenters. The standard InChI is InChI=1S/C18H23Cl2N5O2/c1-10(2)9-27-14-12(19)6-11(7-13(14)20)8-21-24-17-22-16(26)15(23-25-17)18(3,4)5/h6-8,10H,9H2,1-5H3,(H2,22,24,25,26)/b21-8+. The van der Waals surface area contributed by atoms with Crippen molar-refractivity contribution in [2.75, 3.05) is 12.0 Å². The van der Waals surface area contributed by atoms with E-state index in [1.54, 1.807) is 12.1 Å². The zero-order valence-corrected chi connectivity index (χ0v) is 17.4. The molecule has 7 nitrogen and oxygen atoms in total. The van der Waals surface area contributed by atoms with E-state index < -0.39 is 5.41 Å². The van der Waals surface area contributed by atoms with Gasteiger partial charge in [0.05, 0.1) is 22.9 Å². The summed E-state index contributed by atoms with van der Waals surface area (Å²) in [5.74, 6) is 0.943. The zero-order valence-electron chi connectivity index (χ0n) is 15.9. The first-order valence-electron chi connectivity index (χ1n) is 8.46. The van der Waals surface area contributed by atoms with E-state index >= 15 is 0 Å². The van der Waals surface area contributed by atoms with Crippen LogP contribution in [0.25, 0.3) is 0 Å². The fourth-order valence-corrected chi connectivity index (χ4v) is 2.70. The lowest BCUT2D eigenvalue weighted by Gasteiger charge is -2.15. The number of ether oxygens (including phenoxy) is 1. The van der Waals surface area contributed by atoms with E-state index in [1.807, 2.05) is 34.6 Å². The number of nitrogens with one attached hydrogen (secondary N) is 2. The molecule has 2 N–H and O–H groups in total. The first-order chi connectivity index (χ1) is 12.6. The summed E-state index contributed by atoms with van der Waals surface area (Å²) in [4.78, 5) is 14.7. The maximum absolute atomic E-state index is 12.1. The lowest BCUT2D eigenvalue weighted by atomic mass is 9.93. The molecule has 1 aromatic carbocycles. The summed E-state index contributed by atoms with van der Waals surface area (Å²) < 4.78 is 5.63. The average Bonchev–Trinajstić information content (AvgIpc) is 2.52. The van der Waals surface area contributed by atoms with Crippen LogP contribution in [0.15, 0.2) is 22.0 Å². The Labute approximate surface area is 168 Å². The lowest BCUT2D eigenvalue weighted by molar-refractivity contribution is 0.271. The van der Waals surface area contributed by atoms with Gasteiger partial charge >= 0.3 is 0 Å². The Kier molecular flexibility index (Phi) is 6.84. The summed E-state index contributed by atoms with van der Waals surface area (Å²) in [7, 11) is 0. The summed E-state index contributed by atoms with van der Waals surface area (Å²) in [5, 5.41) is 12.7. The highest BCUT2D eigenvalue weighted by atomic mass is 35.5. The lowest BCUT2D eigenvalue weighted by Crippen LogP contribution is -2.28. The molecule has 0 saturated carbocycles. The average molecular weight is 412 g/mol. The molecule has 1 aromatic heterocycles. The molecule has 0 aliphatic carbocycles. The van der Waals surface area contributed by atoms with Crippen molar-refractivity contribution in [3.8, 4) is 5.75 Å². The molecule has 0 fully saturated rings. The first-order valence-corrected chi connectivity index (χ1v) is 9.22. The van der Waals surface area contributed by atoms with E-state index in [-0.39, 0.29) is 11.5 Å². The third-order valence-corrected chi connectivity index (χ3v) is 3.93. The number of benzene rings is 1. The quantitative estimate of drug-likeness (QED) is 0.547. The Bertz CT molecular complexity index is 865. The van der Waals surface area contributed by atoms with Crippen LogP contribution in [0, 0.1) is 5.92 Å². The van der Waals surface area contributed by atoms with Gasteiger partial charge in [0.2, 0.25) is 5.95 Å². The topological polar surface area (TPSA) is 92.3 Å². The van der Waals surface area contributed by atoms with Gasteiger partial charge in [-0.1, -0.05) is 57.8 Å². The smallest absolute Gasteiger partial charge is 0.274 e. The highest BCUT2D eigenvalue weighted by Crippen LogP contribution is 2.34. The molecule has 0 spiro atoms. The molecule has 0 radical (unpaired) electrons. The van der Waals surface area contributed by atoms with Gasteiger partial charge in [-0.25, -0.2) is 5.43 Å². The largest absolute Gasteiger partial charge is 0.490 e. The van der Waals surface area contributed by atoms with Crippen LogP contribution >= 0.6 is 23.2 Å². The summed E-state index contributed by atoms with van der Waals surface area (Å²) >= 11 is 12.5. The minimum absolute atomic E-state index is 0.137. The summed E-state index contributed by atoms with van der Waals surface area (Å²) in [6.07, 6.45) is 1.50. The summed E-state index contributed by atoms with van der Waals surface area (Å²) in [6.45, 7) is 10.3. The van der Waals surface area contributed by atoms with Gasteiger partial charge in [-0.3, -0.25) is 9.78 Å². The van der Waals surface area contributed by atoms with E-state index in [0.29, 0.717) is 39.6 Å².